The molecule has 0 saturated heterocycles. The van der Waals surface area contributed by atoms with E-state index >= 15 is 0 Å². The smallest absolute Gasteiger partial charge is 0.150 e. The summed E-state index contributed by atoms with van der Waals surface area (Å²) in [5.41, 5.74) is 4.53. The quantitative estimate of drug-likeness (QED) is 0.562. The Morgan fingerprint density at radius 3 is 2.04 bits per heavy atom. The second-order valence-electron chi connectivity index (χ2n) is 5.44. The standard InChI is InChI=1S/C10H14N2.C7H6O.C4H10.H2/c1-4-9-5-6-12-8(3)10(9)7(2)11;8-6-7-4-2-1-3-5-7;1-3-4-2;/h5-6,11H,4H2,1-3H3;1-6H;3-4H2,1-2H3;1H. The van der Waals surface area contributed by atoms with Gasteiger partial charge in [-0.1, -0.05) is 63.9 Å². The molecule has 0 spiro atoms. The van der Waals surface area contributed by atoms with Crippen molar-refractivity contribution >= 4 is 12.0 Å². The molecule has 0 radical (unpaired) electrons. The van der Waals surface area contributed by atoms with Gasteiger partial charge >= 0.3 is 0 Å². The molecule has 1 aromatic carbocycles. The normalized spacial score (nSPS) is 9.04. The van der Waals surface area contributed by atoms with Crippen molar-refractivity contribution in [2.24, 2.45) is 0 Å². The lowest BCUT2D eigenvalue weighted by atomic mass is 10.0. The number of aryl methyl sites for hydroxylation is 2. The van der Waals surface area contributed by atoms with E-state index in [0.717, 1.165) is 29.5 Å². The molecule has 0 saturated carbocycles. The Labute approximate surface area is 148 Å². The second-order valence-corrected chi connectivity index (χ2v) is 5.44. The van der Waals surface area contributed by atoms with Crippen molar-refractivity contribution in [1.82, 2.24) is 4.98 Å². The number of carbonyl (C=O) groups excluding carboxylic acids is 1. The summed E-state index contributed by atoms with van der Waals surface area (Å²) in [5.74, 6) is 0. The molecule has 0 aliphatic heterocycles. The minimum absolute atomic E-state index is 0. The van der Waals surface area contributed by atoms with Crippen LogP contribution in [0.15, 0.2) is 42.6 Å². The summed E-state index contributed by atoms with van der Waals surface area (Å²) < 4.78 is 0. The summed E-state index contributed by atoms with van der Waals surface area (Å²) in [7, 11) is 0. The van der Waals surface area contributed by atoms with Crippen molar-refractivity contribution in [3.63, 3.8) is 0 Å². The number of pyridine rings is 1. The number of nitrogens with zero attached hydrogens (tertiary/aromatic N) is 1. The largest absolute Gasteiger partial charge is 0.305 e. The molecule has 2 aromatic rings. The molecule has 1 heterocycles. The Balaban J connectivity index is 0. The minimum atomic E-state index is 0. The third-order valence-corrected chi connectivity index (χ3v) is 3.42. The third-order valence-electron chi connectivity index (χ3n) is 3.42. The first kappa shape index (κ1) is 21.7. The summed E-state index contributed by atoms with van der Waals surface area (Å²) in [6, 6.07) is 11.1. The zero-order valence-electron chi connectivity index (χ0n) is 15.6. The fourth-order valence-electron chi connectivity index (χ4n) is 1.96. The summed E-state index contributed by atoms with van der Waals surface area (Å²) in [6.45, 7) is 10.2. The SMILES string of the molecule is CCCC.CCc1ccnc(C)c1C(C)=N.O=Cc1ccccc1.[HH]. The van der Waals surface area contributed by atoms with Crippen molar-refractivity contribution in [1.29, 1.82) is 5.41 Å². The first-order valence-corrected chi connectivity index (χ1v) is 8.51. The van der Waals surface area contributed by atoms with Gasteiger partial charge in [-0.25, -0.2) is 0 Å². The lowest BCUT2D eigenvalue weighted by Gasteiger charge is -2.07. The summed E-state index contributed by atoms with van der Waals surface area (Å²) in [5, 5.41) is 7.58. The topological polar surface area (TPSA) is 53.8 Å². The maximum absolute atomic E-state index is 10.0. The second kappa shape index (κ2) is 13.2. The van der Waals surface area contributed by atoms with Gasteiger partial charge in [-0.05, 0) is 31.9 Å². The number of unbranched alkanes of at least 4 members (excludes halogenated alkanes) is 1. The van der Waals surface area contributed by atoms with Crippen LogP contribution < -0.4 is 0 Å². The van der Waals surface area contributed by atoms with Gasteiger partial charge in [-0.2, -0.15) is 0 Å². The zero-order chi connectivity index (χ0) is 18.4. The van der Waals surface area contributed by atoms with E-state index in [4.69, 9.17) is 5.41 Å². The molecule has 0 amide bonds. The molecule has 3 heteroatoms. The van der Waals surface area contributed by atoms with Gasteiger partial charge in [0.2, 0.25) is 0 Å². The molecule has 132 valence electrons. The van der Waals surface area contributed by atoms with Crippen LogP contribution in [0.1, 0.15) is 69.1 Å². The number of nitrogens with one attached hydrogen (secondary N) is 1. The number of aromatic nitrogens is 1. The average Bonchev–Trinajstić information content (AvgIpc) is 2.62. The lowest BCUT2D eigenvalue weighted by Crippen LogP contribution is -2.03. The van der Waals surface area contributed by atoms with Gasteiger partial charge in [-0.15, -0.1) is 0 Å². The van der Waals surface area contributed by atoms with E-state index in [1.54, 1.807) is 18.3 Å². The highest BCUT2D eigenvalue weighted by molar-refractivity contribution is 5.98. The van der Waals surface area contributed by atoms with Crippen molar-refractivity contribution in [3.05, 3.63) is 65.0 Å². The third kappa shape index (κ3) is 8.37. The van der Waals surface area contributed by atoms with Crippen LogP contribution in [0.5, 0.6) is 0 Å². The van der Waals surface area contributed by atoms with E-state index in [0.29, 0.717) is 5.71 Å². The molecule has 1 N–H and O–H groups in total. The number of carbonyl (C=O) groups is 1. The Morgan fingerprint density at radius 2 is 1.71 bits per heavy atom. The maximum atomic E-state index is 10.0. The van der Waals surface area contributed by atoms with Crippen molar-refractivity contribution in [3.8, 4) is 0 Å². The summed E-state index contributed by atoms with van der Waals surface area (Å²) in [6.07, 6.45) is 6.25. The lowest BCUT2D eigenvalue weighted by molar-refractivity contribution is 0.112. The van der Waals surface area contributed by atoms with Gasteiger partial charge in [0.1, 0.15) is 6.29 Å². The van der Waals surface area contributed by atoms with Crippen LogP contribution in [0.2, 0.25) is 0 Å². The Bertz CT molecular complexity index is 611. The van der Waals surface area contributed by atoms with Gasteiger partial charge in [0.05, 0.1) is 0 Å². The number of aldehydes is 1. The molecule has 0 atom stereocenters. The van der Waals surface area contributed by atoms with Gasteiger partial charge in [-0.3, -0.25) is 9.78 Å². The van der Waals surface area contributed by atoms with E-state index < -0.39 is 0 Å². The van der Waals surface area contributed by atoms with Crippen LogP contribution in [-0.2, 0) is 6.42 Å². The van der Waals surface area contributed by atoms with Crippen LogP contribution in [0.4, 0.5) is 0 Å². The summed E-state index contributed by atoms with van der Waals surface area (Å²) >= 11 is 0. The number of benzene rings is 1. The first-order valence-electron chi connectivity index (χ1n) is 8.51. The molecule has 0 unspecified atom stereocenters. The van der Waals surface area contributed by atoms with E-state index in [1.807, 2.05) is 38.1 Å². The molecule has 0 aliphatic carbocycles. The number of hydrogen-bond acceptors (Lipinski definition) is 3. The van der Waals surface area contributed by atoms with Gasteiger partial charge < -0.3 is 5.41 Å². The molecule has 0 fully saturated rings. The van der Waals surface area contributed by atoms with Crippen LogP contribution >= 0.6 is 0 Å². The van der Waals surface area contributed by atoms with Crippen molar-refractivity contribution in [2.75, 3.05) is 0 Å². The van der Waals surface area contributed by atoms with Crippen molar-refractivity contribution < 1.29 is 6.22 Å². The van der Waals surface area contributed by atoms with Gasteiger partial charge in [0.15, 0.2) is 0 Å². The highest BCUT2D eigenvalue weighted by Gasteiger charge is 2.05. The predicted octanol–water partition coefficient (Wildman–Crippen LogP) is 5.89. The Morgan fingerprint density at radius 1 is 1.12 bits per heavy atom. The molecular formula is C21H32N2O. The van der Waals surface area contributed by atoms with Crippen LogP contribution in [-0.4, -0.2) is 17.0 Å². The molecule has 2 rings (SSSR count). The molecule has 0 bridgehead atoms. The summed E-state index contributed by atoms with van der Waals surface area (Å²) in [4.78, 5) is 14.2. The van der Waals surface area contributed by atoms with Crippen LogP contribution in [0.3, 0.4) is 0 Å². The highest BCUT2D eigenvalue weighted by atomic mass is 16.1. The number of rotatable bonds is 4. The van der Waals surface area contributed by atoms with E-state index in [-0.39, 0.29) is 1.43 Å². The van der Waals surface area contributed by atoms with Gasteiger partial charge in [0.25, 0.3) is 0 Å². The fourth-order valence-corrected chi connectivity index (χ4v) is 1.96. The maximum Gasteiger partial charge on any atom is 0.150 e. The Hall–Kier alpha value is -2.29. The number of hydrogen-bond donors (Lipinski definition) is 1. The zero-order valence-corrected chi connectivity index (χ0v) is 15.6. The van der Waals surface area contributed by atoms with E-state index in [9.17, 15) is 4.79 Å². The molecule has 0 aliphatic rings. The molecule has 3 nitrogen and oxygen atoms in total. The van der Waals surface area contributed by atoms with Crippen molar-refractivity contribution in [2.45, 2.75) is 53.9 Å². The fraction of sp³-hybridized carbons (Fsp3) is 0.381. The molecular weight excluding hydrogens is 296 g/mol. The monoisotopic (exact) mass is 328 g/mol. The van der Waals surface area contributed by atoms with Gasteiger partial charge in [0, 0.05) is 30.2 Å². The van der Waals surface area contributed by atoms with E-state index in [2.05, 4.69) is 25.8 Å². The minimum Gasteiger partial charge on any atom is -0.305 e. The van der Waals surface area contributed by atoms with Crippen LogP contribution in [0, 0.1) is 12.3 Å². The molecule has 1 aromatic heterocycles. The van der Waals surface area contributed by atoms with E-state index in [1.165, 1.54) is 18.4 Å². The first-order chi connectivity index (χ1) is 11.5. The molecule has 24 heavy (non-hydrogen) atoms. The van der Waals surface area contributed by atoms with Crippen LogP contribution in [0.25, 0.3) is 0 Å². The highest BCUT2D eigenvalue weighted by Crippen LogP contribution is 2.12. The Kier molecular flexibility index (Phi) is 11.9. The average molecular weight is 328 g/mol. The predicted molar refractivity (Wildman–Crippen MR) is 105 cm³/mol.